The molecule has 1 heteroatoms. The second-order valence-corrected chi connectivity index (χ2v) is 20.2. The molecule has 0 aromatic heterocycles. The Kier molecular flexibility index (Phi) is 6.10. The predicted octanol–water partition coefficient (Wildman–Crippen LogP) is 5.27. The van der Waals surface area contributed by atoms with E-state index in [0.717, 1.165) is 0 Å². The SMILES string of the molecule is C=Cc1ccccc1CCC[CH2][Sn]([CH3])([CH3])[c]1ccccc1. The molecular formula is C20H26Sn. The summed E-state index contributed by atoms with van der Waals surface area (Å²) in [6.07, 6.45) is 5.79. The number of hydrogen-bond donors (Lipinski definition) is 0. The normalized spacial score (nSPS) is 11.3. The van der Waals surface area contributed by atoms with Gasteiger partial charge in [0.05, 0.1) is 0 Å². The summed E-state index contributed by atoms with van der Waals surface area (Å²) < 4.78 is 3.09. The summed E-state index contributed by atoms with van der Waals surface area (Å²) in [5.74, 6) is 0. The topological polar surface area (TPSA) is 0 Å². The van der Waals surface area contributed by atoms with Crippen LogP contribution in [0, 0.1) is 0 Å². The molecule has 0 radical (unpaired) electrons. The molecule has 0 heterocycles. The first-order valence-corrected chi connectivity index (χ1v) is 17.0. The maximum absolute atomic E-state index is 3.91. The fourth-order valence-electron chi connectivity index (χ4n) is 2.88. The summed E-state index contributed by atoms with van der Waals surface area (Å²) in [4.78, 5) is 5.11. The molecule has 2 aromatic carbocycles. The molecule has 0 saturated carbocycles. The van der Waals surface area contributed by atoms with Crippen LogP contribution >= 0.6 is 0 Å². The summed E-state index contributed by atoms with van der Waals surface area (Å²) in [5.41, 5.74) is 2.74. The van der Waals surface area contributed by atoms with Crippen LogP contribution in [-0.4, -0.2) is 18.4 Å². The van der Waals surface area contributed by atoms with E-state index in [-0.39, 0.29) is 0 Å². The van der Waals surface area contributed by atoms with Crippen LogP contribution in [0.1, 0.15) is 24.0 Å². The Bertz CT molecular complexity index is 569. The van der Waals surface area contributed by atoms with Crippen molar-refractivity contribution in [1.82, 2.24) is 0 Å². The Morgan fingerprint density at radius 3 is 2.29 bits per heavy atom. The van der Waals surface area contributed by atoms with Crippen LogP contribution in [0.25, 0.3) is 6.08 Å². The van der Waals surface area contributed by atoms with Crippen LogP contribution in [0.3, 0.4) is 0 Å². The summed E-state index contributed by atoms with van der Waals surface area (Å²) >= 11 is -2.04. The molecule has 0 unspecified atom stereocenters. The van der Waals surface area contributed by atoms with Crippen LogP contribution in [-0.2, 0) is 6.42 Å². The van der Waals surface area contributed by atoms with Crippen molar-refractivity contribution < 1.29 is 0 Å². The fourth-order valence-corrected chi connectivity index (χ4v) is 10.1. The summed E-state index contributed by atoms with van der Waals surface area (Å²) in [5, 5.41) is 0. The molecule has 0 atom stereocenters. The molecular weight excluding hydrogens is 359 g/mol. The zero-order chi connectivity index (χ0) is 15.1. The van der Waals surface area contributed by atoms with Gasteiger partial charge in [0.1, 0.15) is 0 Å². The average molecular weight is 385 g/mol. The van der Waals surface area contributed by atoms with Crippen molar-refractivity contribution in [3.8, 4) is 0 Å². The fraction of sp³-hybridized carbons (Fsp3) is 0.300. The standard InChI is InChI=1S/C12H15.C6H5.2CH3.Sn/c1-3-5-8-12-10-7-6-9-11(12)4-2;1-2-4-6-5-3-1;;;/h4,6-7,9-10H,1-3,5,8H2;1-5H;2*1H3;. The van der Waals surface area contributed by atoms with E-state index >= 15 is 0 Å². The molecule has 0 amide bonds. The molecule has 0 spiro atoms. The van der Waals surface area contributed by atoms with Crippen LogP contribution in [0.15, 0.2) is 61.2 Å². The molecule has 0 saturated heterocycles. The molecule has 2 aromatic rings. The van der Waals surface area contributed by atoms with Gasteiger partial charge >= 0.3 is 134 Å². The van der Waals surface area contributed by atoms with Gasteiger partial charge in [0.2, 0.25) is 0 Å². The summed E-state index contributed by atoms with van der Waals surface area (Å²) in [6, 6.07) is 19.8. The zero-order valence-corrected chi connectivity index (χ0v) is 16.2. The summed E-state index contributed by atoms with van der Waals surface area (Å²) in [7, 11) is 0. The van der Waals surface area contributed by atoms with Crippen LogP contribution in [0.4, 0.5) is 0 Å². The molecule has 110 valence electrons. The quantitative estimate of drug-likeness (QED) is 0.450. The van der Waals surface area contributed by atoms with Gasteiger partial charge < -0.3 is 0 Å². The Morgan fingerprint density at radius 1 is 0.905 bits per heavy atom. The molecule has 0 aliphatic rings. The van der Waals surface area contributed by atoms with Crippen LogP contribution in [0.2, 0.25) is 14.3 Å². The van der Waals surface area contributed by atoms with Crippen molar-refractivity contribution in [2.24, 2.45) is 0 Å². The average Bonchev–Trinajstić information content (AvgIpc) is 2.53. The van der Waals surface area contributed by atoms with Gasteiger partial charge in [0, 0.05) is 0 Å². The molecule has 0 fully saturated rings. The maximum atomic E-state index is 3.91. The number of hydrogen-bond acceptors (Lipinski definition) is 0. The number of aryl methyl sites for hydroxylation is 1. The van der Waals surface area contributed by atoms with Crippen LogP contribution in [0.5, 0.6) is 0 Å². The van der Waals surface area contributed by atoms with Crippen molar-refractivity contribution in [1.29, 1.82) is 0 Å². The van der Waals surface area contributed by atoms with Gasteiger partial charge in [-0.25, -0.2) is 0 Å². The van der Waals surface area contributed by atoms with E-state index in [2.05, 4.69) is 71.1 Å². The molecule has 0 nitrogen and oxygen atoms in total. The van der Waals surface area contributed by atoms with E-state index in [1.165, 1.54) is 34.8 Å². The second-order valence-electron chi connectivity index (χ2n) is 6.36. The van der Waals surface area contributed by atoms with Crippen molar-refractivity contribution in [3.63, 3.8) is 0 Å². The van der Waals surface area contributed by atoms with Crippen molar-refractivity contribution >= 4 is 28.0 Å². The van der Waals surface area contributed by atoms with Gasteiger partial charge in [-0.2, -0.15) is 0 Å². The van der Waals surface area contributed by atoms with Gasteiger partial charge in [0.25, 0.3) is 0 Å². The Morgan fingerprint density at radius 2 is 1.57 bits per heavy atom. The third-order valence-corrected chi connectivity index (χ3v) is 14.3. The van der Waals surface area contributed by atoms with Crippen LogP contribution < -0.4 is 3.58 Å². The summed E-state index contributed by atoms with van der Waals surface area (Å²) in [6.45, 7) is 3.91. The third-order valence-electron chi connectivity index (χ3n) is 4.33. The molecule has 0 N–H and O–H groups in total. The Hall–Kier alpha value is -1.02. The molecule has 21 heavy (non-hydrogen) atoms. The predicted molar refractivity (Wildman–Crippen MR) is 97.8 cm³/mol. The first-order chi connectivity index (χ1) is 10.1. The van der Waals surface area contributed by atoms with Crippen molar-refractivity contribution in [2.75, 3.05) is 0 Å². The van der Waals surface area contributed by atoms with Gasteiger partial charge in [0.15, 0.2) is 0 Å². The van der Waals surface area contributed by atoms with Gasteiger partial charge in [-0.3, -0.25) is 0 Å². The van der Waals surface area contributed by atoms with E-state index < -0.39 is 18.4 Å². The van der Waals surface area contributed by atoms with E-state index in [9.17, 15) is 0 Å². The van der Waals surface area contributed by atoms with Crippen molar-refractivity contribution in [3.05, 3.63) is 72.3 Å². The first-order valence-electron chi connectivity index (χ1n) is 7.89. The number of rotatable bonds is 7. The number of benzene rings is 2. The van der Waals surface area contributed by atoms with E-state index in [1.54, 1.807) is 3.58 Å². The monoisotopic (exact) mass is 386 g/mol. The van der Waals surface area contributed by atoms with E-state index in [1.807, 2.05) is 6.08 Å². The van der Waals surface area contributed by atoms with E-state index in [4.69, 9.17) is 0 Å². The van der Waals surface area contributed by atoms with Crippen molar-refractivity contribution in [2.45, 2.75) is 33.6 Å². The molecule has 0 aliphatic heterocycles. The van der Waals surface area contributed by atoms with Gasteiger partial charge in [-0.15, -0.1) is 0 Å². The minimum atomic E-state index is -2.04. The second kappa shape index (κ2) is 7.84. The van der Waals surface area contributed by atoms with Gasteiger partial charge in [-0.1, -0.05) is 0 Å². The minimum absolute atomic E-state index is 1.18. The molecule has 0 bridgehead atoms. The van der Waals surface area contributed by atoms with Gasteiger partial charge in [-0.05, 0) is 0 Å². The molecule has 2 rings (SSSR count). The first kappa shape index (κ1) is 16.4. The third kappa shape index (κ3) is 4.74. The Labute approximate surface area is 133 Å². The molecule has 0 aliphatic carbocycles. The van der Waals surface area contributed by atoms with E-state index in [0.29, 0.717) is 0 Å². The Balaban J connectivity index is 1.86. The number of unbranched alkanes of at least 4 members (excludes halogenated alkanes) is 1. The zero-order valence-electron chi connectivity index (χ0n) is 13.3.